The predicted molar refractivity (Wildman–Crippen MR) is 82.3 cm³/mol. The van der Waals surface area contributed by atoms with Crippen LogP contribution in [-0.2, 0) is 12.8 Å². The monoisotopic (exact) mass is 288 g/mol. The third-order valence-electron chi connectivity index (χ3n) is 3.65. The maximum atomic E-state index is 13.6. The second-order valence-electron chi connectivity index (χ2n) is 5.46. The van der Waals surface area contributed by atoms with E-state index in [1.165, 1.54) is 24.3 Å². The van der Waals surface area contributed by atoms with E-state index in [4.69, 9.17) is 4.74 Å². The summed E-state index contributed by atoms with van der Waals surface area (Å²) < 4.78 is 18.5. The number of aliphatic hydroxyl groups excluding tert-OH is 1. The second kappa shape index (κ2) is 6.72. The SMILES string of the molecule is COc1ccc(CC(O)Cc2cc(C)ccc2C)cc1F. The van der Waals surface area contributed by atoms with Crippen LogP contribution in [-0.4, -0.2) is 18.3 Å². The Morgan fingerprint density at radius 1 is 1.10 bits per heavy atom. The van der Waals surface area contributed by atoms with E-state index in [1.807, 2.05) is 13.8 Å². The molecular weight excluding hydrogens is 267 g/mol. The lowest BCUT2D eigenvalue weighted by Gasteiger charge is -2.14. The van der Waals surface area contributed by atoms with Gasteiger partial charge >= 0.3 is 0 Å². The van der Waals surface area contributed by atoms with Crippen LogP contribution in [0.5, 0.6) is 5.75 Å². The van der Waals surface area contributed by atoms with Gasteiger partial charge in [0.15, 0.2) is 11.6 Å². The van der Waals surface area contributed by atoms with Gasteiger partial charge in [0.2, 0.25) is 0 Å². The Hall–Kier alpha value is -1.87. The van der Waals surface area contributed by atoms with Crippen molar-refractivity contribution in [3.63, 3.8) is 0 Å². The van der Waals surface area contributed by atoms with Gasteiger partial charge in [0.05, 0.1) is 13.2 Å². The topological polar surface area (TPSA) is 29.5 Å². The Kier molecular flexibility index (Phi) is 4.97. The Morgan fingerprint density at radius 3 is 2.52 bits per heavy atom. The molecule has 0 amide bonds. The number of methoxy groups -OCH3 is 1. The fourth-order valence-corrected chi connectivity index (χ4v) is 2.46. The van der Waals surface area contributed by atoms with Gasteiger partial charge in [-0.25, -0.2) is 4.39 Å². The van der Waals surface area contributed by atoms with Gasteiger partial charge < -0.3 is 9.84 Å². The maximum Gasteiger partial charge on any atom is 0.165 e. The average molecular weight is 288 g/mol. The van der Waals surface area contributed by atoms with E-state index in [9.17, 15) is 9.50 Å². The lowest BCUT2D eigenvalue weighted by atomic mass is 9.97. The molecule has 2 rings (SSSR count). The molecule has 0 bridgehead atoms. The fourth-order valence-electron chi connectivity index (χ4n) is 2.46. The van der Waals surface area contributed by atoms with Crippen molar-refractivity contribution in [1.82, 2.24) is 0 Å². The Balaban J connectivity index is 2.06. The normalized spacial score (nSPS) is 12.2. The molecule has 1 unspecified atom stereocenters. The summed E-state index contributed by atoms with van der Waals surface area (Å²) in [7, 11) is 1.44. The molecular formula is C18H21FO2. The number of benzene rings is 2. The van der Waals surface area contributed by atoms with Gasteiger partial charge in [0.25, 0.3) is 0 Å². The quantitative estimate of drug-likeness (QED) is 0.911. The van der Waals surface area contributed by atoms with Crippen LogP contribution in [0.25, 0.3) is 0 Å². The van der Waals surface area contributed by atoms with Crippen molar-refractivity contribution in [3.8, 4) is 5.75 Å². The molecule has 0 saturated heterocycles. The van der Waals surface area contributed by atoms with Crippen LogP contribution in [0.3, 0.4) is 0 Å². The van der Waals surface area contributed by atoms with E-state index in [0.29, 0.717) is 12.8 Å². The first-order valence-electron chi connectivity index (χ1n) is 7.06. The van der Waals surface area contributed by atoms with Crippen molar-refractivity contribution in [2.24, 2.45) is 0 Å². The van der Waals surface area contributed by atoms with Crippen molar-refractivity contribution in [2.75, 3.05) is 7.11 Å². The van der Waals surface area contributed by atoms with Crippen molar-refractivity contribution in [3.05, 3.63) is 64.5 Å². The molecule has 112 valence electrons. The van der Waals surface area contributed by atoms with Crippen LogP contribution in [0.15, 0.2) is 36.4 Å². The highest BCUT2D eigenvalue weighted by Gasteiger charge is 2.11. The number of rotatable bonds is 5. The van der Waals surface area contributed by atoms with Gasteiger partial charge in [-0.15, -0.1) is 0 Å². The summed E-state index contributed by atoms with van der Waals surface area (Å²) in [6, 6.07) is 11.0. The van der Waals surface area contributed by atoms with E-state index < -0.39 is 11.9 Å². The number of hydrogen-bond acceptors (Lipinski definition) is 2. The molecule has 21 heavy (non-hydrogen) atoms. The summed E-state index contributed by atoms with van der Waals surface area (Å²) in [5.41, 5.74) is 4.25. The van der Waals surface area contributed by atoms with Crippen LogP contribution in [0.1, 0.15) is 22.3 Å². The summed E-state index contributed by atoms with van der Waals surface area (Å²) in [4.78, 5) is 0. The first kappa shape index (κ1) is 15.5. The van der Waals surface area contributed by atoms with Gasteiger partial charge in [0, 0.05) is 0 Å². The highest BCUT2D eigenvalue weighted by molar-refractivity contribution is 5.32. The fraction of sp³-hybridized carbons (Fsp3) is 0.333. The zero-order valence-electron chi connectivity index (χ0n) is 12.7. The predicted octanol–water partition coefficient (Wildman–Crippen LogP) is 3.60. The number of aryl methyl sites for hydroxylation is 2. The molecule has 0 aromatic heterocycles. The van der Waals surface area contributed by atoms with Gasteiger partial charge in [-0.1, -0.05) is 29.8 Å². The molecule has 0 radical (unpaired) electrons. The van der Waals surface area contributed by atoms with Crippen molar-refractivity contribution in [1.29, 1.82) is 0 Å². The first-order chi connectivity index (χ1) is 9.99. The molecule has 1 atom stereocenters. The van der Waals surface area contributed by atoms with E-state index in [-0.39, 0.29) is 5.75 Å². The number of ether oxygens (including phenoxy) is 1. The highest BCUT2D eigenvalue weighted by atomic mass is 19.1. The third-order valence-corrected chi connectivity index (χ3v) is 3.65. The van der Waals surface area contributed by atoms with Gasteiger partial charge in [-0.3, -0.25) is 0 Å². The average Bonchev–Trinajstić information content (AvgIpc) is 2.43. The van der Waals surface area contributed by atoms with Crippen LogP contribution in [0.4, 0.5) is 4.39 Å². The molecule has 0 heterocycles. The van der Waals surface area contributed by atoms with Crippen LogP contribution >= 0.6 is 0 Å². The summed E-state index contributed by atoms with van der Waals surface area (Å²) >= 11 is 0. The molecule has 0 aliphatic heterocycles. The van der Waals surface area contributed by atoms with E-state index in [2.05, 4.69) is 18.2 Å². The maximum absolute atomic E-state index is 13.6. The third kappa shape index (κ3) is 4.05. The summed E-state index contributed by atoms with van der Waals surface area (Å²) in [5, 5.41) is 10.2. The van der Waals surface area contributed by atoms with E-state index in [1.54, 1.807) is 12.1 Å². The van der Waals surface area contributed by atoms with Crippen LogP contribution < -0.4 is 4.74 Å². The zero-order valence-corrected chi connectivity index (χ0v) is 12.7. The molecule has 0 fully saturated rings. The van der Waals surface area contributed by atoms with E-state index >= 15 is 0 Å². The smallest absolute Gasteiger partial charge is 0.165 e. The molecule has 3 heteroatoms. The second-order valence-corrected chi connectivity index (χ2v) is 5.46. The first-order valence-corrected chi connectivity index (χ1v) is 7.06. The van der Waals surface area contributed by atoms with Crippen molar-refractivity contribution >= 4 is 0 Å². The lowest BCUT2D eigenvalue weighted by Crippen LogP contribution is -2.15. The Bertz CT molecular complexity index is 623. The molecule has 0 aliphatic rings. The largest absolute Gasteiger partial charge is 0.494 e. The number of halogens is 1. The molecule has 0 saturated carbocycles. The molecule has 2 nitrogen and oxygen atoms in total. The highest BCUT2D eigenvalue weighted by Crippen LogP contribution is 2.20. The van der Waals surface area contributed by atoms with Gasteiger partial charge in [-0.2, -0.15) is 0 Å². The van der Waals surface area contributed by atoms with Crippen LogP contribution in [0, 0.1) is 19.7 Å². The molecule has 1 N–H and O–H groups in total. The zero-order chi connectivity index (χ0) is 15.4. The molecule has 0 aliphatic carbocycles. The minimum absolute atomic E-state index is 0.225. The summed E-state index contributed by atoms with van der Waals surface area (Å²) in [6.45, 7) is 4.07. The number of hydrogen-bond donors (Lipinski definition) is 1. The standard InChI is InChI=1S/C18H21FO2/c1-12-4-5-13(2)15(8-12)11-16(20)9-14-6-7-18(21-3)17(19)10-14/h4-8,10,16,20H,9,11H2,1-3H3. The summed E-state index contributed by atoms with van der Waals surface area (Å²) in [5.74, 6) is -0.170. The minimum Gasteiger partial charge on any atom is -0.494 e. The van der Waals surface area contributed by atoms with Gasteiger partial charge in [-0.05, 0) is 55.5 Å². The van der Waals surface area contributed by atoms with Gasteiger partial charge in [0.1, 0.15) is 0 Å². The lowest BCUT2D eigenvalue weighted by molar-refractivity contribution is 0.175. The molecule has 2 aromatic rings. The Labute approximate surface area is 125 Å². The van der Waals surface area contributed by atoms with E-state index in [0.717, 1.165) is 11.1 Å². The summed E-state index contributed by atoms with van der Waals surface area (Å²) in [6.07, 6.45) is 0.466. The molecule has 0 spiro atoms. The number of aliphatic hydroxyl groups is 1. The van der Waals surface area contributed by atoms with Crippen LogP contribution in [0.2, 0.25) is 0 Å². The van der Waals surface area contributed by atoms with Crippen molar-refractivity contribution < 1.29 is 14.2 Å². The Morgan fingerprint density at radius 2 is 1.86 bits per heavy atom. The molecule has 2 aromatic carbocycles. The van der Waals surface area contributed by atoms with Crippen molar-refractivity contribution in [2.45, 2.75) is 32.8 Å². The minimum atomic E-state index is -0.529.